The van der Waals surface area contributed by atoms with E-state index in [0.717, 1.165) is 25.6 Å². The lowest BCUT2D eigenvalue weighted by atomic mass is 10.2. The van der Waals surface area contributed by atoms with Crippen LogP contribution in [0.1, 0.15) is 40.0 Å². The highest BCUT2D eigenvalue weighted by Gasteiger charge is 2.34. The largest absolute Gasteiger partial charge is 0.443 e. The van der Waals surface area contributed by atoms with Gasteiger partial charge in [0.2, 0.25) is 0 Å². The molecule has 1 aliphatic heterocycles. The molecule has 0 aromatic carbocycles. The standard InChI is InChI=1S/C12H23N3O2/c1-12(2,3)17-11(16)14-13-9-6-7-15(8-9)10-4-5-10/h9-10,13H,4-8H2,1-3H3,(H,14,16)/t9-/m1/s1. The minimum absolute atomic E-state index is 0.350. The Morgan fingerprint density at radius 1 is 1.29 bits per heavy atom. The van der Waals surface area contributed by atoms with Gasteiger partial charge in [0.1, 0.15) is 5.60 Å². The second kappa shape index (κ2) is 4.82. The van der Waals surface area contributed by atoms with Crippen molar-refractivity contribution in [2.75, 3.05) is 13.1 Å². The Kier molecular flexibility index (Phi) is 3.58. The number of ether oxygens (including phenoxy) is 1. The van der Waals surface area contributed by atoms with Gasteiger partial charge in [0.15, 0.2) is 0 Å². The molecule has 0 unspecified atom stereocenters. The van der Waals surface area contributed by atoms with Crippen LogP contribution >= 0.6 is 0 Å². The van der Waals surface area contributed by atoms with Crippen LogP contribution in [0.4, 0.5) is 4.79 Å². The molecule has 1 amide bonds. The highest BCUT2D eigenvalue weighted by atomic mass is 16.6. The van der Waals surface area contributed by atoms with Gasteiger partial charge in [-0.15, -0.1) is 0 Å². The normalized spacial score (nSPS) is 25.9. The molecular formula is C12H23N3O2. The minimum Gasteiger partial charge on any atom is -0.443 e. The van der Waals surface area contributed by atoms with Gasteiger partial charge in [0.25, 0.3) is 0 Å². The molecule has 5 heteroatoms. The van der Waals surface area contributed by atoms with E-state index in [1.54, 1.807) is 0 Å². The highest BCUT2D eigenvalue weighted by molar-refractivity contribution is 5.67. The van der Waals surface area contributed by atoms with Gasteiger partial charge in [-0.2, -0.15) is 0 Å². The Balaban J connectivity index is 1.63. The van der Waals surface area contributed by atoms with Gasteiger partial charge < -0.3 is 4.74 Å². The average Bonchev–Trinajstić information content (AvgIpc) is 2.93. The van der Waals surface area contributed by atoms with E-state index in [0.29, 0.717) is 6.04 Å². The Hall–Kier alpha value is -0.810. The molecule has 98 valence electrons. The molecule has 5 nitrogen and oxygen atoms in total. The molecule has 2 N–H and O–H groups in total. The predicted octanol–water partition coefficient (Wildman–Crippen LogP) is 1.25. The fourth-order valence-electron chi connectivity index (χ4n) is 2.14. The summed E-state index contributed by atoms with van der Waals surface area (Å²) in [6.07, 6.45) is 3.37. The van der Waals surface area contributed by atoms with Crippen LogP contribution in [-0.4, -0.2) is 41.8 Å². The summed E-state index contributed by atoms with van der Waals surface area (Å²) < 4.78 is 5.16. The number of nitrogens with zero attached hydrogens (tertiary/aromatic N) is 1. The molecule has 2 rings (SSSR count). The molecule has 0 aromatic rings. The Morgan fingerprint density at radius 3 is 2.59 bits per heavy atom. The lowest BCUT2D eigenvalue weighted by molar-refractivity contribution is 0.0488. The van der Waals surface area contributed by atoms with Crippen molar-refractivity contribution < 1.29 is 9.53 Å². The van der Waals surface area contributed by atoms with Crippen molar-refractivity contribution in [1.82, 2.24) is 15.8 Å². The fraction of sp³-hybridized carbons (Fsp3) is 0.917. The van der Waals surface area contributed by atoms with Crippen LogP contribution in [0, 0.1) is 0 Å². The maximum absolute atomic E-state index is 11.4. The summed E-state index contributed by atoms with van der Waals surface area (Å²) in [5.74, 6) is 0. The van der Waals surface area contributed by atoms with Crippen LogP contribution in [0.3, 0.4) is 0 Å². The average molecular weight is 241 g/mol. The van der Waals surface area contributed by atoms with E-state index >= 15 is 0 Å². The first kappa shape index (κ1) is 12.6. The summed E-state index contributed by atoms with van der Waals surface area (Å²) in [5.41, 5.74) is 5.23. The van der Waals surface area contributed by atoms with Gasteiger partial charge in [-0.3, -0.25) is 10.3 Å². The van der Waals surface area contributed by atoms with Crippen LogP contribution in [0.5, 0.6) is 0 Å². The molecule has 0 bridgehead atoms. The molecule has 2 aliphatic rings. The first-order valence-corrected chi connectivity index (χ1v) is 6.42. The highest BCUT2D eigenvalue weighted by Crippen LogP contribution is 2.29. The van der Waals surface area contributed by atoms with E-state index in [4.69, 9.17) is 4.74 Å². The molecule has 0 spiro atoms. The third kappa shape index (κ3) is 4.16. The molecule has 0 radical (unpaired) electrons. The quantitative estimate of drug-likeness (QED) is 0.730. The monoisotopic (exact) mass is 241 g/mol. The SMILES string of the molecule is CC(C)(C)OC(=O)NN[C@@H]1CCN(C2CC2)C1. The van der Waals surface area contributed by atoms with Crippen molar-refractivity contribution in [3.05, 3.63) is 0 Å². The molecule has 1 saturated carbocycles. The molecule has 0 aromatic heterocycles. The number of rotatable bonds is 3. The number of hydrogen-bond acceptors (Lipinski definition) is 4. The van der Waals surface area contributed by atoms with Crippen molar-refractivity contribution in [3.8, 4) is 0 Å². The lowest BCUT2D eigenvalue weighted by Crippen LogP contribution is -2.47. The summed E-state index contributed by atoms with van der Waals surface area (Å²) in [6.45, 7) is 7.74. The lowest BCUT2D eigenvalue weighted by Gasteiger charge is -2.21. The van der Waals surface area contributed by atoms with Crippen LogP contribution in [0.25, 0.3) is 0 Å². The van der Waals surface area contributed by atoms with E-state index < -0.39 is 11.7 Å². The van der Waals surface area contributed by atoms with Crippen LogP contribution in [0.2, 0.25) is 0 Å². The van der Waals surface area contributed by atoms with Crippen molar-refractivity contribution >= 4 is 6.09 Å². The number of nitrogens with one attached hydrogen (secondary N) is 2. The Bertz CT molecular complexity index is 284. The number of likely N-dealkylation sites (tertiary alicyclic amines) is 1. The van der Waals surface area contributed by atoms with Gasteiger partial charge in [-0.25, -0.2) is 10.2 Å². The molecule has 17 heavy (non-hydrogen) atoms. The van der Waals surface area contributed by atoms with Crippen molar-refractivity contribution in [2.45, 2.75) is 57.7 Å². The maximum atomic E-state index is 11.4. The summed E-state index contributed by atoms with van der Waals surface area (Å²) in [4.78, 5) is 13.9. The molecule has 2 fully saturated rings. The Morgan fingerprint density at radius 2 is 2.00 bits per heavy atom. The minimum atomic E-state index is -0.443. The zero-order valence-corrected chi connectivity index (χ0v) is 11.0. The number of carbonyl (C=O) groups is 1. The number of hydrogen-bond donors (Lipinski definition) is 2. The summed E-state index contributed by atoms with van der Waals surface area (Å²) >= 11 is 0. The van der Waals surface area contributed by atoms with E-state index in [1.165, 1.54) is 12.8 Å². The summed E-state index contributed by atoms with van der Waals surface area (Å²) in [5, 5.41) is 0. The van der Waals surface area contributed by atoms with Gasteiger partial charge in [-0.1, -0.05) is 0 Å². The molecule has 1 aliphatic carbocycles. The van der Waals surface area contributed by atoms with Gasteiger partial charge in [-0.05, 0) is 40.0 Å². The zero-order valence-electron chi connectivity index (χ0n) is 11.0. The van der Waals surface area contributed by atoms with E-state index in [9.17, 15) is 4.79 Å². The van der Waals surface area contributed by atoms with Crippen molar-refractivity contribution in [3.63, 3.8) is 0 Å². The van der Waals surface area contributed by atoms with Gasteiger partial charge >= 0.3 is 6.09 Å². The fourth-order valence-corrected chi connectivity index (χ4v) is 2.14. The zero-order chi connectivity index (χ0) is 12.5. The first-order valence-electron chi connectivity index (χ1n) is 6.42. The molecule has 1 saturated heterocycles. The second-order valence-electron chi connectivity index (χ2n) is 5.98. The van der Waals surface area contributed by atoms with Gasteiger partial charge in [0.05, 0.1) is 0 Å². The maximum Gasteiger partial charge on any atom is 0.422 e. The van der Waals surface area contributed by atoms with E-state index in [1.807, 2.05) is 20.8 Å². The van der Waals surface area contributed by atoms with E-state index in [2.05, 4.69) is 15.8 Å². The molecule has 1 heterocycles. The number of hydrazine groups is 1. The third-order valence-corrected chi connectivity index (χ3v) is 3.06. The van der Waals surface area contributed by atoms with E-state index in [-0.39, 0.29) is 0 Å². The van der Waals surface area contributed by atoms with Crippen molar-refractivity contribution in [2.24, 2.45) is 0 Å². The van der Waals surface area contributed by atoms with Crippen LogP contribution in [0.15, 0.2) is 0 Å². The van der Waals surface area contributed by atoms with Crippen LogP contribution in [-0.2, 0) is 4.74 Å². The predicted molar refractivity (Wildman–Crippen MR) is 65.5 cm³/mol. The topological polar surface area (TPSA) is 53.6 Å². The van der Waals surface area contributed by atoms with Crippen LogP contribution < -0.4 is 10.9 Å². The summed E-state index contributed by atoms with van der Waals surface area (Å²) in [6, 6.07) is 1.16. The summed E-state index contributed by atoms with van der Waals surface area (Å²) in [7, 11) is 0. The smallest absolute Gasteiger partial charge is 0.422 e. The Labute approximate surface area is 103 Å². The van der Waals surface area contributed by atoms with Gasteiger partial charge in [0, 0.05) is 25.2 Å². The molecule has 1 atom stereocenters. The first-order chi connectivity index (χ1) is 7.94. The van der Waals surface area contributed by atoms with Crippen molar-refractivity contribution in [1.29, 1.82) is 0 Å². The number of carbonyl (C=O) groups excluding carboxylic acids is 1. The second-order valence-corrected chi connectivity index (χ2v) is 5.98. The third-order valence-electron chi connectivity index (χ3n) is 3.06. The number of amides is 1. The molecular weight excluding hydrogens is 218 g/mol.